The minimum absolute atomic E-state index is 0.378. The van der Waals surface area contributed by atoms with E-state index in [1.165, 1.54) is 30.5 Å². The highest BCUT2D eigenvalue weighted by atomic mass is 15.1. The molecule has 0 saturated carbocycles. The lowest BCUT2D eigenvalue weighted by Crippen LogP contribution is -2.42. The number of nitrogens with zero attached hydrogens (tertiary/aromatic N) is 1. The average Bonchev–Trinajstić information content (AvgIpc) is 2.22. The van der Waals surface area contributed by atoms with Gasteiger partial charge in [0.1, 0.15) is 0 Å². The summed E-state index contributed by atoms with van der Waals surface area (Å²) in [5.41, 5.74) is 8.80. The summed E-state index contributed by atoms with van der Waals surface area (Å²) < 4.78 is 0. The number of likely N-dealkylation sites (tertiary alicyclic amines) is 1. The molecule has 2 nitrogen and oxygen atoms in total. The van der Waals surface area contributed by atoms with Gasteiger partial charge in [0.2, 0.25) is 0 Å². The monoisotopic (exact) mass is 204 g/mol. The lowest BCUT2D eigenvalue weighted by molar-refractivity contribution is 0.201. The summed E-state index contributed by atoms with van der Waals surface area (Å²) >= 11 is 0. The highest BCUT2D eigenvalue weighted by Crippen LogP contribution is 2.14. The number of aryl methyl sites for hydroxylation is 1. The van der Waals surface area contributed by atoms with Crippen LogP contribution >= 0.6 is 0 Å². The molecular weight excluding hydrogens is 184 g/mol. The molecular formula is C13H20N2. The molecule has 1 fully saturated rings. The SMILES string of the molecule is Cc1ccccc1CN1CCC[C@@H](N)C1. The van der Waals surface area contributed by atoms with E-state index in [2.05, 4.69) is 36.1 Å². The smallest absolute Gasteiger partial charge is 0.0237 e. The third-order valence-electron chi connectivity index (χ3n) is 3.20. The van der Waals surface area contributed by atoms with E-state index in [1.807, 2.05) is 0 Å². The van der Waals surface area contributed by atoms with E-state index in [9.17, 15) is 0 Å². The van der Waals surface area contributed by atoms with Crippen LogP contribution in [0.3, 0.4) is 0 Å². The topological polar surface area (TPSA) is 29.3 Å². The van der Waals surface area contributed by atoms with Crippen molar-refractivity contribution in [2.24, 2.45) is 5.73 Å². The number of benzene rings is 1. The molecule has 2 N–H and O–H groups in total. The van der Waals surface area contributed by atoms with Crippen LogP contribution < -0.4 is 5.73 Å². The fraction of sp³-hybridized carbons (Fsp3) is 0.538. The van der Waals surface area contributed by atoms with Gasteiger partial charge in [-0.2, -0.15) is 0 Å². The number of nitrogens with two attached hydrogens (primary N) is 1. The quantitative estimate of drug-likeness (QED) is 0.797. The molecule has 2 heteroatoms. The molecule has 1 saturated heterocycles. The molecule has 82 valence electrons. The van der Waals surface area contributed by atoms with Crippen molar-refractivity contribution in [3.63, 3.8) is 0 Å². The highest BCUT2D eigenvalue weighted by Gasteiger charge is 2.16. The zero-order chi connectivity index (χ0) is 10.7. The number of piperidine rings is 1. The van der Waals surface area contributed by atoms with Gasteiger partial charge >= 0.3 is 0 Å². The molecule has 1 aromatic rings. The van der Waals surface area contributed by atoms with Gasteiger partial charge in [0.25, 0.3) is 0 Å². The molecule has 1 aliphatic heterocycles. The molecule has 2 rings (SSSR count). The Kier molecular flexibility index (Phi) is 3.39. The Morgan fingerprint density at radius 3 is 2.93 bits per heavy atom. The Balaban J connectivity index is 1.99. The van der Waals surface area contributed by atoms with Crippen molar-refractivity contribution >= 4 is 0 Å². The second-order valence-electron chi connectivity index (χ2n) is 4.56. The summed E-state index contributed by atoms with van der Waals surface area (Å²) in [6.45, 7) is 5.48. The predicted molar refractivity (Wildman–Crippen MR) is 63.7 cm³/mol. The maximum atomic E-state index is 5.98. The molecule has 0 aromatic heterocycles. The van der Waals surface area contributed by atoms with Crippen LogP contribution in [0.15, 0.2) is 24.3 Å². The summed E-state index contributed by atoms with van der Waals surface area (Å²) in [6.07, 6.45) is 2.43. The second-order valence-corrected chi connectivity index (χ2v) is 4.56. The van der Waals surface area contributed by atoms with Crippen LogP contribution in [-0.4, -0.2) is 24.0 Å². The zero-order valence-corrected chi connectivity index (χ0v) is 9.45. The zero-order valence-electron chi connectivity index (χ0n) is 9.45. The van der Waals surface area contributed by atoms with Crippen molar-refractivity contribution in [2.45, 2.75) is 32.4 Å². The fourth-order valence-electron chi connectivity index (χ4n) is 2.26. The van der Waals surface area contributed by atoms with Crippen LogP contribution in [-0.2, 0) is 6.54 Å². The summed E-state index contributed by atoms with van der Waals surface area (Å²) in [7, 11) is 0. The van der Waals surface area contributed by atoms with Crippen LogP contribution in [0.5, 0.6) is 0 Å². The van der Waals surface area contributed by atoms with Gasteiger partial charge in [-0.1, -0.05) is 24.3 Å². The predicted octanol–water partition coefficient (Wildman–Crippen LogP) is 1.92. The molecule has 15 heavy (non-hydrogen) atoms. The van der Waals surface area contributed by atoms with Crippen molar-refractivity contribution in [1.29, 1.82) is 0 Å². The first kappa shape index (κ1) is 10.7. The Bertz CT molecular complexity index is 322. The van der Waals surface area contributed by atoms with Crippen LogP contribution in [0.1, 0.15) is 24.0 Å². The molecule has 0 amide bonds. The van der Waals surface area contributed by atoms with E-state index in [4.69, 9.17) is 5.73 Å². The molecule has 0 spiro atoms. The van der Waals surface area contributed by atoms with Gasteiger partial charge < -0.3 is 5.73 Å². The van der Waals surface area contributed by atoms with Crippen LogP contribution in [0.2, 0.25) is 0 Å². The first-order chi connectivity index (χ1) is 7.25. The van der Waals surface area contributed by atoms with E-state index >= 15 is 0 Å². The van der Waals surface area contributed by atoms with Crippen molar-refractivity contribution < 1.29 is 0 Å². The van der Waals surface area contributed by atoms with Gasteiger partial charge in [0.15, 0.2) is 0 Å². The van der Waals surface area contributed by atoms with E-state index in [0.717, 1.165) is 13.1 Å². The molecule has 1 aliphatic rings. The molecule has 1 atom stereocenters. The van der Waals surface area contributed by atoms with Crippen LogP contribution in [0, 0.1) is 6.92 Å². The summed E-state index contributed by atoms with van der Waals surface area (Å²) in [4.78, 5) is 2.47. The highest BCUT2D eigenvalue weighted by molar-refractivity contribution is 5.25. The summed E-state index contributed by atoms with van der Waals surface area (Å²) in [5, 5.41) is 0. The van der Waals surface area contributed by atoms with Crippen molar-refractivity contribution in [3.05, 3.63) is 35.4 Å². The first-order valence-corrected chi connectivity index (χ1v) is 5.78. The Morgan fingerprint density at radius 2 is 2.20 bits per heavy atom. The lowest BCUT2D eigenvalue weighted by atomic mass is 10.0. The fourth-order valence-corrected chi connectivity index (χ4v) is 2.26. The minimum atomic E-state index is 0.378. The van der Waals surface area contributed by atoms with Crippen LogP contribution in [0.25, 0.3) is 0 Å². The first-order valence-electron chi connectivity index (χ1n) is 5.78. The minimum Gasteiger partial charge on any atom is -0.327 e. The van der Waals surface area contributed by atoms with E-state index in [0.29, 0.717) is 6.04 Å². The van der Waals surface area contributed by atoms with E-state index in [-0.39, 0.29) is 0 Å². The maximum Gasteiger partial charge on any atom is 0.0237 e. The van der Waals surface area contributed by atoms with Gasteiger partial charge in [0, 0.05) is 19.1 Å². The Labute approximate surface area is 92.1 Å². The Morgan fingerprint density at radius 1 is 1.40 bits per heavy atom. The maximum absolute atomic E-state index is 5.98. The summed E-state index contributed by atoms with van der Waals surface area (Å²) in [6, 6.07) is 8.99. The molecule has 1 heterocycles. The molecule has 0 aliphatic carbocycles. The van der Waals surface area contributed by atoms with Gasteiger partial charge in [-0.3, -0.25) is 4.90 Å². The van der Waals surface area contributed by atoms with Crippen molar-refractivity contribution in [1.82, 2.24) is 4.90 Å². The number of hydrogen-bond acceptors (Lipinski definition) is 2. The molecule has 0 bridgehead atoms. The summed E-state index contributed by atoms with van der Waals surface area (Å²) in [5.74, 6) is 0. The van der Waals surface area contributed by atoms with Crippen molar-refractivity contribution in [3.8, 4) is 0 Å². The van der Waals surface area contributed by atoms with Gasteiger partial charge in [-0.25, -0.2) is 0 Å². The number of hydrogen-bond donors (Lipinski definition) is 1. The van der Waals surface area contributed by atoms with E-state index < -0.39 is 0 Å². The largest absolute Gasteiger partial charge is 0.327 e. The third kappa shape index (κ3) is 2.80. The standard InChI is InChI=1S/C13H20N2/c1-11-5-2-3-6-12(11)9-15-8-4-7-13(14)10-15/h2-3,5-6,13H,4,7-10,14H2,1H3/t13-/m1/s1. The van der Waals surface area contributed by atoms with E-state index in [1.54, 1.807) is 0 Å². The Hall–Kier alpha value is -0.860. The normalized spacial score (nSPS) is 22.9. The van der Waals surface area contributed by atoms with Gasteiger partial charge in [-0.15, -0.1) is 0 Å². The second kappa shape index (κ2) is 4.77. The number of rotatable bonds is 2. The third-order valence-corrected chi connectivity index (χ3v) is 3.20. The van der Waals surface area contributed by atoms with Gasteiger partial charge in [0.05, 0.1) is 0 Å². The molecule has 1 aromatic carbocycles. The molecule has 0 radical (unpaired) electrons. The van der Waals surface area contributed by atoms with Crippen LogP contribution in [0.4, 0.5) is 0 Å². The van der Waals surface area contributed by atoms with Gasteiger partial charge in [-0.05, 0) is 37.4 Å². The average molecular weight is 204 g/mol. The van der Waals surface area contributed by atoms with Crippen molar-refractivity contribution in [2.75, 3.05) is 13.1 Å². The molecule has 0 unspecified atom stereocenters. The lowest BCUT2D eigenvalue weighted by Gasteiger charge is -2.31.